The highest BCUT2D eigenvalue weighted by atomic mass is 14.0. The van der Waals surface area contributed by atoms with Gasteiger partial charge in [-0.15, -0.1) is 6.58 Å². The molecule has 0 unspecified atom stereocenters. The molecule has 0 aliphatic rings. The van der Waals surface area contributed by atoms with Crippen LogP contribution in [0.1, 0.15) is 52.9 Å². The monoisotopic (exact) mass is 218 g/mol. The highest BCUT2D eigenvalue weighted by molar-refractivity contribution is 5.21. The van der Waals surface area contributed by atoms with E-state index in [0.29, 0.717) is 0 Å². The molecule has 0 rings (SSSR count). The molecule has 0 atom stereocenters. The maximum absolute atomic E-state index is 4.09. The maximum Gasteiger partial charge on any atom is -0.0247 e. The summed E-state index contributed by atoms with van der Waals surface area (Å²) in [6, 6.07) is 0. The van der Waals surface area contributed by atoms with Crippen LogP contribution < -0.4 is 0 Å². The van der Waals surface area contributed by atoms with Crippen molar-refractivity contribution in [2.45, 2.75) is 52.9 Å². The first-order valence-corrected chi connectivity index (χ1v) is 6.11. The Hall–Kier alpha value is -1.04. The van der Waals surface area contributed by atoms with Gasteiger partial charge in [0.15, 0.2) is 0 Å². The first kappa shape index (κ1) is 15.0. The summed E-state index contributed by atoms with van der Waals surface area (Å²) in [7, 11) is 0. The van der Waals surface area contributed by atoms with Crippen molar-refractivity contribution in [1.29, 1.82) is 0 Å². The van der Waals surface area contributed by atoms with Gasteiger partial charge in [0.05, 0.1) is 0 Å². The predicted molar refractivity (Wildman–Crippen MR) is 75.6 cm³/mol. The molecular formula is C16H26. The van der Waals surface area contributed by atoms with Crippen LogP contribution in [0.15, 0.2) is 48.1 Å². The van der Waals surface area contributed by atoms with E-state index in [-0.39, 0.29) is 0 Å². The highest BCUT2D eigenvalue weighted by Crippen LogP contribution is 2.16. The summed E-state index contributed by atoms with van der Waals surface area (Å²) < 4.78 is 0. The van der Waals surface area contributed by atoms with Gasteiger partial charge in [-0.2, -0.15) is 0 Å². The van der Waals surface area contributed by atoms with Crippen LogP contribution in [0.25, 0.3) is 0 Å². The minimum Gasteiger partial charge on any atom is -0.100 e. The second-order valence-electron chi connectivity index (χ2n) is 4.71. The lowest BCUT2D eigenvalue weighted by Gasteiger charge is -2.05. The zero-order valence-corrected chi connectivity index (χ0v) is 11.2. The third kappa shape index (κ3) is 8.28. The average molecular weight is 218 g/mol. The Balaban J connectivity index is 3.96. The van der Waals surface area contributed by atoms with Gasteiger partial charge in [-0.1, -0.05) is 48.5 Å². The van der Waals surface area contributed by atoms with Gasteiger partial charge in [0.1, 0.15) is 0 Å². The van der Waals surface area contributed by atoms with Crippen molar-refractivity contribution in [3.05, 3.63) is 48.1 Å². The molecule has 16 heavy (non-hydrogen) atoms. The Labute approximate surface area is 101 Å². The zero-order chi connectivity index (χ0) is 12.6. The van der Waals surface area contributed by atoms with Crippen LogP contribution in [0.3, 0.4) is 0 Å². The lowest BCUT2D eigenvalue weighted by molar-refractivity contribution is 0.885. The third-order valence-electron chi connectivity index (χ3n) is 2.70. The Kier molecular flexibility index (Phi) is 7.62. The smallest absolute Gasteiger partial charge is 0.0247 e. The molecule has 0 fully saturated rings. The topological polar surface area (TPSA) is 0 Å². The molecule has 0 spiro atoms. The van der Waals surface area contributed by atoms with Crippen LogP contribution in [0.4, 0.5) is 0 Å². The normalized spacial score (nSPS) is 11.3. The summed E-state index contributed by atoms with van der Waals surface area (Å²) in [6.45, 7) is 18.4. The lowest BCUT2D eigenvalue weighted by atomic mass is 10.0. The highest BCUT2D eigenvalue weighted by Gasteiger charge is 1.96. The fraction of sp³-hybridized carbons (Fsp3) is 0.500. The molecule has 0 N–H and O–H groups in total. The Morgan fingerprint density at radius 1 is 0.938 bits per heavy atom. The van der Waals surface area contributed by atoms with Crippen LogP contribution in [-0.4, -0.2) is 0 Å². The summed E-state index contributed by atoms with van der Waals surface area (Å²) in [6.07, 6.45) is 7.58. The van der Waals surface area contributed by atoms with E-state index in [1.807, 2.05) is 0 Å². The van der Waals surface area contributed by atoms with E-state index < -0.39 is 0 Å². The summed E-state index contributed by atoms with van der Waals surface area (Å²) >= 11 is 0. The Morgan fingerprint density at radius 3 is 2.06 bits per heavy atom. The van der Waals surface area contributed by atoms with Gasteiger partial charge >= 0.3 is 0 Å². The molecule has 0 aromatic carbocycles. The summed E-state index contributed by atoms with van der Waals surface area (Å²) in [5, 5.41) is 0. The van der Waals surface area contributed by atoms with E-state index >= 15 is 0 Å². The van der Waals surface area contributed by atoms with Gasteiger partial charge in [-0.3, -0.25) is 0 Å². The van der Waals surface area contributed by atoms with Crippen molar-refractivity contribution < 1.29 is 0 Å². The van der Waals surface area contributed by atoms with Crippen molar-refractivity contribution in [1.82, 2.24) is 0 Å². The van der Waals surface area contributed by atoms with E-state index in [1.54, 1.807) is 0 Å². The first-order valence-electron chi connectivity index (χ1n) is 6.11. The Morgan fingerprint density at radius 2 is 1.56 bits per heavy atom. The molecule has 0 radical (unpaired) electrons. The fourth-order valence-electron chi connectivity index (χ4n) is 1.42. The van der Waals surface area contributed by atoms with E-state index in [1.165, 1.54) is 22.3 Å². The number of hydrogen-bond acceptors (Lipinski definition) is 0. The van der Waals surface area contributed by atoms with Crippen LogP contribution in [-0.2, 0) is 0 Å². The molecule has 0 aliphatic carbocycles. The van der Waals surface area contributed by atoms with Crippen LogP contribution in [0, 0.1) is 0 Å². The van der Waals surface area contributed by atoms with E-state index in [4.69, 9.17) is 0 Å². The second kappa shape index (κ2) is 8.15. The minimum atomic E-state index is 1.04. The average Bonchev–Trinajstić information content (AvgIpc) is 2.23. The van der Waals surface area contributed by atoms with Crippen molar-refractivity contribution >= 4 is 0 Å². The van der Waals surface area contributed by atoms with Gasteiger partial charge < -0.3 is 0 Å². The molecule has 0 heterocycles. The second-order valence-corrected chi connectivity index (χ2v) is 4.71. The Bertz CT molecular complexity index is 289. The van der Waals surface area contributed by atoms with E-state index in [0.717, 1.165) is 32.1 Å². The van der Waals surface area contributed by atoms with Crippen LogP contribution in [0.5, 0.6) is 0 Å². The van der Waals surface area contributed by atoms with E-state index in [2.05, 4.69) is 46.6 Å². The summed E-state index contributed by atoms with van der Waals surface area (Å²) in [4.78, 5) is 0. The van der Waals surface area contributed by atoms with Crippen molar-refractivity contribution in [2.75, 3.05) is 0 Å². The van der Waals surface area contributed by atoms with Gasteiger partial charge in [0.2, 0.25) is 0 Å². The number of rotatable bonds is 8. The fourth-order valence-corrected chi connectivity index (χ4v) is 1.42. The van der Waals surface area contributed by atoms with Gasteiger partial charge in [-0.05, 0) is 46.0 Å². The molecule has 0 bridgehead atoms. The minimum absolute atomic E-state index is 1.04. The molecule has 0 amide bonds. The standard InChI is InChI=1S/C16H26/c1-7-14(4)10-11-16(6)12-15(5)9-8-13(2)3/h12H,2,4,6-11H2,1,3,5H3. The largest absolute Gasteiger partial charge is 0.100 e. The lowest BCUT2D eigenvalue weighted by Crippen LogP contribution is -1.85. The molecule has 0 nitrogen and oxygen atoms in total. The van der Waals surface area contributed by atoms with Crippen LogP contribution >= 0.6 is 0 Å². The molecular weight excluding hydrogens is 192 g/mol. The molecule has 0 aromatic rings. The molecule has 0 aromatic heterocycles. The van der Waals surface area contributed by atoms with Gasteiger partial charge in [0.25, 0.3) is 0 Å². The predicted octanol–water partition coefficient (Wildman–Crippen LogP) is 5.59. The number of allylic oxidation sites excluding steroid dienone is 5. The third-order valence-corrected chi connectivity index (χ3v) is 2.70. The molecule has 0 heteroatoms. The molecule has 0 saturated carbocycles. The SMILES string of the molecule is C=C(C)CCC(C)=CC(=C)CCC(=C)CC. The van der Waals surface area contributed by atoms with Crippen LogP contribution in [0.2, 0.25) is 0 Å². The zero-order valence-electron chi connectivity index (χ0n) is 11.2. The summed E-state index contributed by atoms with van der Waals surface area (Å²) in [5.74, 6) is 0. The van der Waals surface area contributed by atoms with Crippen molar-refractivity contribution in [2.24, 2.45) is 0 Å². The van der Waals surface area contributed by atoms with Crippen molar-refractivity contribution in [3.63, 3.8) is 0 Å². The van der Waals surface area contributed by atoms with Gasteiger partial charge in [0, 0.05) is 0 Å². The molecule has 0 saturated heterocycles. The maximum atomic E-state index is 4.09. The quantitative estimate of drug-likeness (QED) is 0.368. The molecule has 90 valence electrons. The first-order chi connectivity index (χ1) is 7.45. The number of hydrogen-bond donors (Lipinski definition) is 0. The molecule has 0 aliphatic heterocycles. The van der Waals surface area contributed by atoms with Gasteiger partial charge in [-0.25, -0.2) is 0 Å². The summed E-state index contributed by atoms with van der Waals surface area (Å²) in [5.41, 5.74) is 5.18. The van der Waals surface area contributed by atoms with E-state index in [9.17, 15) is 0 Å². The van der Waals surface area contributed by atoms with Crippen molar-refractivity contribution in [3.8, 4) is 0 Å².